The van der Waals surface area contributed by atoms with Gasteiger partial charge in [0, 0.05) is 6.42 Å². The molecule has 0 aromatic heterocycles. The highest BCUT2D eigenvalue weighted by Gasteiger charge is 2.26. The molecule has 1 heterocycles. The molecule has 0 amide bonds. The summed E-state index contributed by atoms with van der Waals surface area (Å²) in [6, 6.07) is 0.678. The van der Waals surface area contributed by atoms with E-state index in [1.165, 1.54) is 193 Å². The molecule has 2 nitrogen and oxygen atoms in total. The van der Waals surface area contributed by atoms with Crippen molar-refractivity contribution < 1.29 is 4.58 Å². The minimum absolute atomic E-state index is 0.678. The minimum atomic E-state index is 0.678. The third-order valence-corrected chi connectivity index (χ3v) is 9.32. The van der Waals surface area contributed by atoms with Gasteiger partial charge in [-0.25, -0.2) is 0 Å². The molecular formula is C40H77N2+. The predicted octanol–water partition coefficient (Wildman–Crippen LogP) is 12.9. The summed E-state index contributed by atoms with van der Waals surface area (Å²) in [7, 11) is 0. The van der Waals surface area contributed by atoms with E-state index in [1.54, 1.807) is 5.84 Å². The Labute approximate surface area is 265 Å². The summed E-state index contributed by atoms with van der Waals surface area (Å²) in [5.41, 5.74) is 0. The van der Waals surface area contributed by atoms with Crippen molar-refractivity contribution in [1.82, 2.24) is 5.32 Å². The van der Waals surface area contributed by atoms with Crippen LogP contribution in [-0.2, 0) is 0 Å². The smallest absolute Gasteiger partial charge is 0.245 e. The summed E-state index contributed by atoms with van der Waals surface area (Å²) >= 11 is 0. The quantitative estimate of drug-likeness (QED) is 0.0471. The van der Waals surface area contributed by atoms with Crippen LogP contribution >= 0.6 is 0 Å². The van der Waals surface area contributed by atoms with Gasteiger partial charge in [0.25, 0.3) is 0 Å². The van der Waals surface area contributed by atoms with E-state index in [2.05, 4.69) is 55.0 Å². The Morgan fingerprint density at radius 2 is 0.857 bits per heavy atom. The first kappa shape index (κ1) is 39.0. The molecule has 42 heavy (non-hydrogen) atoms. The molecule has 0 aliphatic carbocycles. The lowest BCUT2D eigenvalue weighted by atomic mass is 10.1. The van der Waals surface area contributed by atoms with E-state index in [1.807, 2.05) is 0 Å². The number of nitrogens with zero attached hydrogens (tertiary/aromatic N) is 1. The topological polar surface area (TPSA) is 15.0 Å². The van der Waals surface area contributed by atoms with Gasteiger partial charge in [0.1, 0.15) is 12.6 Å². The van der Waals surface area contributed by atoms with Crippen LogP contribution in [0.25, 0.3) is 0 Å². The normalized spacial score (nSPS) is 15.5. The first-order valence-electron chi connectivity index (χ1n) is 19.5. The molecule has 0 saturated heterocycles. The Hall–Kier alpha value is -1.05. The second-order valence-electron chi connectivity index (χ2n) is 13.5. The van der Waals surface area contributed by atoms with Gasteiger partial charge in [0.05, 0.1) is 6.54 Å². The first-order valence-corrected chi connectivity index (χ1v) is 19.5. The number of amidine groups is 1. The van der Waals surface area contributed by atoms with Crippen molar-refractivity contribution in [3.8, 4) is 0 Å². The monoisotopic (exact) mass is 586 g/mol. The minimum Gasteiger partial charge on any atom is -0.274 e. The molecule has 0 aromatic rings. The standard InChI is InChI=1S/C40H76N2/c1-4-6-8-10-12-14-16-18-20-22-24-26-28-30-32-34-36-40-41-38-39(3)42(40)37-35-33-31-29-27-25-23-21-19-17-15-13-11-9-7-5-2/h18-21,39H,4-17,22-38H2,1-3H3/p+1. The molecule has 1 atom stereocenters. The van der Waals surface area contributed by atoms with Crippen molar-refractivity contribution in [3.05, 3.63) is 24.3 Å². The maximum Gasteiger partial charge on any atom is 0.245 e. The number of allylic oxidation sites excluding steroid dienone is 4. The van der Waals surface area contributed by atoms with Crippen molar-refractivity contribution >= 4 is 5.84 Å². The summed E-state index contributed by atoms with van der Waals surface area (Å²) in [4.78, 5) is 0. The van der Waals surface area contributed by atoms with E-state index in [-0.39, 0.29) is 0 Å². The van der Waals surface area contributed by atoms with Gasteiger partial charge >= 0.3 is 0 Å². The maximum atomic E-state index is 3.74. The largest absolute Gasteiger partial charge is 0.274 e. The fourth-order valence-corrected chi connectivity index (χ4v) is 6.40. The van der Waals surface area contributed by atoms with Crippen LogP contribution in [0.4, 0.5) is 0 Å². The van der Waals surface area contributed by atoms with Crippen LogP contribution in [0.15, 0.2) is 24.3 Å². The molecule has 2 heteroatoms. The number of unbranched alkanes of at least 4 members (excludes halogenated alkanes) is 24. The van der Waals surface area contributed by atoms with Crippen molar-refractivity contribution in [1.29, 1.82) is 0 Å². The van der Waals surface area contributed by atoms with Crippen molar-refractivity contribution in [2.75, 3.05) is 13.1 Å². The van der Waals surface area contributed by atoms with E-state index in [4.69, 9.17) is 0 Å². The zero-order chi connectivity index (χ0) is 30.2. The van der Waals surface area contributed by atoms with Crippen LogP contribution in [0, 0.1) is 0 Å². The van der Waals surface area contributed by atoms with Crippen LogP contribution in [0.1, 0.15) is 207 Å². The highest BCUT2D eigenvalue weighted by atomic mass is 15.2. The average Bonchev–Trinajstić information content (AvgIpc) is 3.35. The lowest BCUT2D eigenvalue weighted by Crippen LogP contribution is -2.25. The SMILES string of the molecule is CCCCCCCCC=CCCCCCCCCC1=[N+](CCCCCCCCC=CCCCCCCCC)C(C)CN1. The zero-order valence-corrected chi connectivity index (χ0v) is 29.3. The van der Waals surface area contributed by atoms with E-state index < -0.39 is 0 Å². The maximum absolute atomic E-state index is 3.74. The second-order valence-corrected chi connectivity index (χ2v) is 13.5. The average molecular weight is 586 g/mol. The van der Waals surface area contributed by atoms with Gasteiger partial charge in [-0.05, 0) is 77.6 Å². The molecule has 1 aliphatic heterocycles. The van der Waals surface area contributed by atoms with Crippen molar-refractivity contribution in [2.24, 2.45) is 0 Å². The van der Waals surface area contributed by atoms with E-state index >= 15 is 0 Å². The summed E-state index contributed by atoms with van der Waals surface area (Å²) in [6.07, 6.45) is 49.9. The predicted molar refractivity (Wildman–Crippen MR) is 191 cm³/mol. The van der Waals surface area contributed by atoms with Crippen LogP contribution in [0.2, 0.25) is 0 Å². The van der Waals surface area contributed by atoms with Gasteiger partial charge in [0.2, 0.25) is 5.84 Å². The number of hydrogen-bond acceptors (Lipinski definition) is 1. The third kappa shape index (κ3) is 24.4. The molecule has 1 aliphatic rings. The van der Waals surface area contributed by atoms with E-state index in [0.29, 0.717) is 6.04 Å². The van der Waals surface area contributed by atoms with Crippen LogP contribution in [0.5, 0.6) is 0 Å². The highest BCUT2D eigenvalue weighted by molar-refractivity contribution is 5.78. The molecule has 1 rings (SSSR count). The highest BCUT2D eigenvalue weighted by Crippen LogP contribution is 2.14. The van der Waals surface area contributed by atoms with Crippen LogP contribution < -0.4 is 5.32 Å². The van der Waals surface area contributed by atoms with Gasteiger partial charge in [-0.2, -0.15) is 0 Å². The Morgan fingerprint density at radius 3 is 1.29 bits per heavy atom. The van der Waals surface area contributed by atoms with Gasteiger partial charge < -0.3 is 0 Å². The van der Waals surface area contributed by atoms with Gasteiger partial charge in [-0.1, -0.05) is 147 Å². The number of hydrogen-bond donors (Lipinski definition) is 1. The van der Waals surface area contributed by atoms with Crippen molar-refractivity contribution in [2.45, 2.75) is 213 Å². The molecule has 1 unspecified atom stereocenters. The summed E-state index contributed by atoms with van der Waals surface area (Å²) in [6.45, 7) is 9.41. The van der Waals surface area contributed by atoms with Gasteiger partial charge in [-0.15, -0.1) is 0 Å². The molecular weight excluding hydrogens is 508 g/mol. The third-order valence-electron chi connectivity index (χ3n) is 9.32. The molecule has 0 fully saturated rings. The first-order chi connectivity index (χ1) is 20.8. The molecule has 0 radical (unpaired) electrons. The van der Waals surface area contributed by atoms with E-state index in [0.717, 1.165) is 6.54 Å². The Morgan fingerprint density at radius 1 is 0.500 bits per heavy atom. The fourth-order valence-electron chi connectivity index (χ4n) is 6.40. The van der Waals surface area contributed by atoms with Crippen LogP contribution in [0.3, 0.4) is 0 Å². The van der Waals surface area contributed by atoms with Crippen molar-refractivity contribution in [3.63, 3.8) is 0 Å². The summed E-state index contributed by atoms with van der Waals surface area (Å²) in [5, 5.41) is 3.74. The van der Waals surface area contributed by atoms with Gasteiger partial charge in [-0.3, -0.25) is 9.89 Å². The molecule has 0 spiro atoms. The molecule has 0 saturated carbocycles. The summed E-state index contributed by atoms with van der Waals surface area (Å²) < 4.78 is 2.70. The molecule has 0 aromatic carbocycles. The molecule has 0 bridgehead atoms. The summed E-state index contributed by atoms with van der Waals surface area (Å²) in [5.74, 6) is 1.55. The second kappa shape index (κ2) is 31.4. The fraction of sp³-hybridized carbons (Fsp3) is 0.875. The van der Waals surface area contributed by atoms with Crippen LogP contribution in [-0.4, -0.2) is 29.5 Å². The molecule has 1 N–H and O–H groups in total. The Bertz CT molecular complexity index is 646. The lowest BCUT2D eigenvalue weighted by Gasteiger charge is -2.09. The van der Waals surface area contributed by atoms with E-state index in [9.17, 15) is 0 Å². The number of rotatable bonds is 32. The Balaban J connectivity index is 1.94. The Kier molecular flexibility index (Phi) is 29.1. The van der Waals surface area contributed by atoms with Gasteiger partial charge in [0.15, 0.2) is 0 Å². The molecule has 246 valence electrons. The zero-order valence-electron chi connectivity index (χ0n) is 29.3. The number of nitrogens with one attached hydrogen (secondary N) is 1. The lowest BCUT2D eigenvalue weighted by molar-refractivity contribution is -0.553.